The van der Waals surface area contributed by atoms with Crippen molar-refractivity contribution in [2.75, 3.05) is 17.7 Å². The first-order chi connectivity index (χ1) is 8.60. The van der Waals surface area contributed by atoms with Crippen LogP contribution in [0.3, 0.4) is 0 Å². The maximum atomic E-state index is 13.5. The molecule has 7 heteroatoms. The molecule has 1 unspecified atom stereocenters. The van der Waals surface area contributed by atoms with Crippen LogP contribution in [0, 0.1) is 12.7 Å². The van der Waals surface area contributed by atoms with Gasteiger partial charge in [-0.15, -0.1) is 0 Å². The summed E-state index contributed by atoms with van der Waals surface area (Å²) in [5.74, 6) is -1.30. The molecule has 0 aliphatic heterocycles. The van der Waals surface area contributed by atoms with Gasteiger partial charge in [-0.3, -0.25) is 4.79 Å². The molecule has 0 saturated carbocycles. The third-order valence-electron chi connectivity index (χ3n) is 2.58. The van der Waals surface area contributed by atoms with Crippen molar-refractivity contribution < 1.29 is 17.6 Å². The van der Waals surface area contributed by atoms with Gasteiger partial charge in [0.1, 0.15) is 15.7 Å². The molecule has 19 heavy (non-hydrogen) atoms. The van der Waals surface area contributed by atoms with E-state index in [1.54, 1.807) is 6.92 Å². The quantitative estimate of drug-likeness (QED) is 0.805. The molecule has 0 fully saturated rings. The number of benzene rings is 1. The first-order valence-corrected chi connectivity index (χ1v) is 7.70. The second-order valence-corrected chi connectivity index (χ2v) is 6.82. The van der Waals surface area contributed by atoms with Crippen LogP contribution in [0.5, 0.6) is 0 Å². The van der Waals surface area contributed by atoms with E-state index in [0.717, 1.165) is 12.3 Å². The highest BCUT2D eigenvalue weighted by molar-refractivity contribution is 7.90. The van der Waals surface area contributed by atoms with Crippen molar-refractivity contribution in [2.24, 2.45) is 0 Å². The number of hydrogen-bond donors (Lipinski definition) is 2. The molecule has 0 aromatic heterocycles. The Morgan fingerprint density at radius 2 is 2.05 bits per heavy atom. The minimum Gasteiger partial charge on any atom is -0.398 e. The van der Waals surface area contributed by atoms with Gasteiger partial charge in [0.2, 0.25) is 0 Å². The topological polar surface area (TPSA) is 89.3 Å². The van der Waals surface area contributed by atoms with Crippen molar-refractivity contribution >= 4 is 21.4 Å². The Morgan fingerprint density at radius 1 is 1.47 bits per heavy atom. The van der Waals surface area contributed by atoms with E-state index in [0.29, 0.717) is 0 Å². The minimum atomic E-state index is -3.19. The first-order valence-electron chi connectivity index (χ1n) is 5.64. The lowest BCUT2D eigenvalue weighted by atomic mass is 10.1. The van der Waals surface area contributed by atoms with Crippen molar-refractivity contribution in [3.63, 3.8) is 0 Å². The van der Waals surface area contributed by atoms with Crippen molar-refractivity contribution in [3.05, 3.63) is 29.1 Å². The minimum absolute atomic E-state index is 0.0703. The highest BCUT2D eigenvalue weighted by atomic mass is 32.2. The Balaban J connectivity index is 2.85. The van der Waals surface area contributed by atoms with Crippen LogP contribution < -0.4 is 11.1 Å². The monoisotopic (exact) mass is 288 g/mol. The zero-order valence-corrected chi connectivity index (χ0v) is 11.8. The average molecular weight is 288 g/mol. The van der Waals surface area contributed by atoms with Crippen LogP contribution >= 0.6 is 0 Å². The van der Waals surface area contributed by atoms with Crippen LogP contribution in [0.15, 0.2) is 12.1 Å². The number of nitrogens with one attached hydrogen (secondary N) is 1. The number of hydrogen-bond acceptors (Lipinski definition) is 4. The molecule has 0 aliphatic rings. The second-order valence-electron chi connectivity index (χ2n) is 4.64. The highest BCUT2D eigenvalue weighted by Gasteiger charge is 2.16. The average Bonchev–Trinajstić information content (AvgIpc) is 2.22. The van der Waals surface area contributed by atoms with Crippen LogP contribution in [0.4, 0.5) is 10.1 Å². The van der Waals surface area contributed by atoms with Gasteiger partial charge in [-0.1, -0.05) is 0 Å². The van der Waals surface area contributed by atoms with Crippen LogP contribution in [-0.2, 0) is 9.84 Å². The van der Waals surface area contributed by atoms with Gasteiger partial charge in [0.25, 0.3) is 5.91 Å². The zero-order chi connectivity index (χ0) is 14.8. The first kappa shape index (κ1) is 15.4. The SMILES string of the molecule is Cc1c(N)cc(C(=O)NC(C)CS(C)(=O)=O)cc1F. The standard InChI is InChI=1S/C12H17FN2O3S/c1-7(6-19(3,17)18)15-12(16)9-4-10(13)8(2)11(14)5-9/h4-5,7H,6,14H2,1-3H3,(H,15,16). The fourth-order valence-electron chi connectivity index (χ4n) is 1.63. The lowest BCUT2D eigenvalue weighted by Gasteiger charge is -2.13. The molecule has 0 radical (unpaired) electrons. The summed E-state index contributed by atoms with van der Waals surface area (Å²) in [6.45, 7) is 3.07. The molecular formula is C12H17FN2O3S. The Morgan fingerprint density at radius 3 is 2.53 bits per heavy atom. The molecule has 3 N–H and O–H groups in total. The van der Waals surface area contributed by atoms with E-state index < -0.39 is 27.6 Å². The van der Waals surface area contributed by atoms with Gasteiger partial charge in [-0.2, -0.15) is 0 Å². The lowest BCUT2D eigenvalue weighted by Crippen LogP contribution is -2.37. The molecule has 1 amide bonds. The van der Waals surface area contributed by atoms with Crippen molar-refractivity contribution in [1.29, 1.82) is 0 Å². The van der Waals surface area contributed by atoms with Gasteiger partial charge in [0.05, 0.1) is 5.75 Å². The Bertz CT molecular complexity index is 576. The number of amides is 1. The zero-order valence-electron chi connectivity index (χ0n) is 11.0. The Hall–Kier alpha value is -1.63. The number of anilines is 1. The van der Waals surface area contributed by atoms with Crippen molar-refractivity contribution in [1.82, 2.24) is 5.32 Å². The van der Waals surface area contributed by atoms with Gasteiger partial charge in [-0.05, 0) is 26.0 Å². The smallest absolute Gasteiger partial charge is 0.251 e. The predicted octanol–water partition coefficient (Wildman–Crippen LogP) is 0.879. The van der Waals surface area contributed by atoms with E-state index in [1.165, 1.54) is 13.0 Å². The van der Waals surface area contributed by atoms with Gasteiger partial charge >= 0.3 is 0 Å². The van der Waals surface area contributed by atoms with Crippen LogP contribution in [0.1, 0.15) is 22.8 Å². The molecule has 0 bridgehead atoms. The van der Waals surface area contributed by atoms with Gasteiger partial charge in [-0.25, -0.2) is 12.8 Å². The molecule has 1 aromatic rings. The summed E-state index contributed by atoms with van der Waals surface area (Å²) < 4.78 is 35.6. The van der Waals surface area contributed by atoms with E-state index in [1.807, 2.05) is 0 Å². The number of carbonyl (C=O) groups is 1. The molecular weight excluding hydrogens is 271 g/mol. The molecule has 1 atom stereocenters. The fourth-order valence-corrected chi connectivity index (χ4v) is 2.63. The number of nitrogen functional groups attached to an aromatic ring is 1. The van der Waals surface area contributed by atoms with E-state index in [-0.39, 0.29) is 22.6 Å². The highest BCUT2D eigenvalue weighted by Crippen LogP contribution is 2.17. The van der Waals surface area contributed by atoms with E-state index >= 15 is 0 Å². The third kappa shape index (κ3) is 4.51. The summed E-state index contributed by atoms with van der Waals surface area (Å²) in [7, 11) is -3.19. The van der Waals surface area contributed by atoms with E-state index in [9.17, 15) is 17.6 Å². The molecule has 0 aliphatic carbocycles. The van der Waals surface area contributed by atoms with Crippen LogP contribution in [0.2, 0.25) is 0 Å². The van der Waals surface area contributed by atoms with E-state index in [4.69, 9.17) is 5.73 Å². The largest absolute Gasteiger partial charge is 0.398 e. The lowest BCUT2D eigenvalue weighted by molar-refractivity contribution is 0.0943. The molecule has 0 saturated heterocycles. The predicted molar refractivity (Wildman–Crippen MR) is 72.2 cm³/mol. The summed E-state index contributed by atoms with van der Waals surface area (Å²) in [4.78, 5) is 11.8. The summed E-state index contributed by atoms with van der Waals surface area (Å²) in [6.07, 6.45) is 1.08. The number of sulfone groups is 1. The Kier molecular flexibility index (Phi) is 4.52. The van der Waals surface area contributed by atoms with Crippen LogP contribution in [0.25, 0.3) is 0 Å². The fraction of sp³-hybridized carbons (Fsp3) is 0.417. The van der Waals surface area contributed by atoms with Crippen molar-refractivity contribution in [3.8, 4) is 0 Å². The molecule has 0 spiro atoms. The summed E-state index contributed by atoms with van der Waals surface area (Å²) >= 11 is 0. The molecule has 1 rings (SSSR count). The Labute approximate surface area is 111 Å². The normalized spacial score (nSPS) is 13.1. The third-order valence-corrected chi connectivity index (χ3v) is 3.68. The second kappa shape index (κ2) is 5.56. The summed E-state index contributed by atoms with van der Waals surface area (Å²) in [5, 5.41) is 2.49. The molecule has 106 valence electrons. The number of carbonyl (C=O) groups excluding carboxylic acids is 1. The molecule has 0 heterocycles. The van der Waals surface area contributed by atoms with Gasteiger partial charge in [0, 0.05) is 29.1 Å². The summed E-state index contributed by atoms with van der Waals surface area (Å²) in [6, 6.07) is 1.88. The van der Waals surface area contributed by atoms with Gasteiger partial charge in [0.15, 0.2) is 0 Å². The summed E-state index contributed by atoms with van der Waals surface area (Å²) in [5.41, 5.74) is 6.11. The maximum Gasteiger partial charge on any atom is 0.251 e. The van der Waals surface area contributed by atoms with Gasteiger partial charge < -0.3 is 11.1 Å². The number of halogens is 1. The molecule has 1 aromatic carbocycles. The van der Waals surface area contributed by atoms with Crippen LogP contribution in [-0.4, -0.2) is 32.4 Å². The number of rotatable bonds is 4. The van der Waals surface area contributed by atoms with Crippen molar-refractivity contribution in [2.45, 2.75) is 19.9 Å². The number of nitrogens with two attached hydrogens (primary N) is 1. The molecule has 5 nitrogen and oxygen atoms in total. The van der Waals surface area contributed by atoms with E-state index in [2.05, 4.69) is 5.32 Å². The maximum absolute atomic E-state index is 13.5.